The van der Waals surface area contributed by atoms with Crippen molar-refractivity contribution in [1.82, 2.24) is 9.91 Å². The molecule has 0 aromatic heterocycles. The minimum atomic E-state index is 0.791. The van der Waals surface area contributed by atoms with Gasteiger partial charge in [-0.3, -0.25) is 9.91 Å². The SMILES string of the molecule is Clc1ccc(CN2CCN(/N=C/c3c4ccccc4cc4ccccc34)CC2)cc1. The number of nitrogens with zero attached hydrogens (tertiary/aromatic N) is 3. The molecule has 150 valence electrons. The highest BCUT2D eigenvalue weighted by atomic mass is 35.5. The first-order valence-electron chi connectivity index (χ1n) is 10.4. The van der Waals surface area contributed by atoms with Crippen LogP contribution in [0.2, 0.25) is 5.02 Å². The zero-order valence-electron chi connectivity index (χ0n) is 16.8. The highest BCUT2D eigenvalue weighted by Gasteiger charge is 2.15. The Morgan fingerprint density at radius 3 is 2.00 bits per heavy atom. The summed E-state index contributed by atoms with van der Waals surface area (Å²) in [6, 6.07) is 27.5. The standard InChI is InChI=1S/C26H24ClN3/c27-23-11-9-20(10-12-23)19-29-13-15-30(16-14-29)28-18-26-24-7-3-1-5-21(24)17-22-6-2-4-8-25(22)26/h1-12,17-18H,13-16,19H2/b28-18+. The second-order valence-electron chi connectivity index (χ2n) is 7.83. The molecule has 0 spiro atoms. The Morgan fingerprint density at radius 2 is 1.37 bits per heavy atom. The highest BCUT2D eigenvalue weighted by molar-refractivity contribution is 6.30. The zero-order valence-corrected chi connectivity index (χ0v) is 17.6. The Kier molecular flexibility index (Phi) is 5.39. The number of hydrogen-bond acceptors (Lipinski definition) is 3. The predicted octanol–water partition coefficient (Wildman–Crippen LogP) is 5.80. The van der Waals surface area contributed by atoms with Crippen LogP contribution in [0.5, 0.6) is 0 Å². The van der Waals surface area contributed by atoms with Gasteiger partial charge >= 0.3 is 0 Å². The van der Waals surface area contributed by atoms with Crippen LogP contribution in [-0.2, 0) is 6.54 Å². The monoisotopic (exact) mass is 413 g/mol. The topological polar surface area (TPSA) is 18.8 Å². The third-order valence-corrected chi connectivity index (χ3v) is 6.08. The number of hydrogen-bond donors (Lipinski definition) is 0. The molecule has 0 N–H and O–H groups in total. The van der Waals surface area contributed by atoms with E-state index in [-0.39, 0.29) is 0 Å². The lowest BCUT2D eigenvalue weighted by Gasteiger charge is -2.33. The minimum absolute atomic E-state index is 0.791. The second-order valence-corrected chi connectivity index (χ2v) is 8.27. The quantitative estimate of drug-likeness (QED) is 0.311. The summed E-state index contributed by atoms with van der Waals surface area (Å²) in [6.07, 6.45) is 2.06. The van der Waals surface area contributed by atoms with Crippen molar-refractivity contribution in [3.63, 3.8) is 0 Å². The van der Waals surface area contributed by atoms with Crippen LogP contribution in [0.15, 0.2) is 84.0 Å². The van der Waals surface area contributed by atoms with Crippen LogP contribution < -0.4 is 0 Å². The molecule has 4 heteroatoms. The molecule has 1 aliphatic heterocycles. The van der Waals surface area contributed by atoms with E-state index in [1.807, 2.05) is 12.1 Å². The summed E-state index contributed by atoms with van der Waals surface area (Å²) in [5, 5.41) is 12.9. The molecule has 0 aliphatic carbocycles. The molecule has 0 bridgehead atoms. The molecule has 0 amide bonds. The first kappa shape index (κ1) is 19.1. The van der Waals surface area contributed by atoms with Crippen molar-refractivity contribution in [2.24, 2.45) is 5.10 Å². The summed E-state index contributed by atoms with van der Waals surface area (Å²) in [7, 11) is 0. The van der Waals surface area contributed by atoms with Crippen LogP contribution in [0.1, 0.15) is 11.1 Å². The van der Waals surface area contributed by atoms with Crippen LogP contribution in [0.3, 0.4) is 0 Å². The van der Waals surface area contributed by atoms with Gasteiger partial charge in [0.25, 0.3) is 0 Å². The smallest absolute Gasteiger partial charge is 0.0555 e. The lowest BCUT2D eigenvalue weighted by molar-refractivity contribution is 0.131. The van der Waals surface area contributed by atoms with Gasteiger partial charge in [-0.1, -0.05) is 72.3 Å². The molecular formula is C26H24ClN3. The summed E-state index contributed by atoms with van der Waals surface area (Å²) < 4.78 is 0. The maximum Gasteiger partial charge on any atom is 0.0555 e. The van der Waals surface area contributed by atoms with Gasteiger partial charge in [0.1, 0.15) is 0 Å². The summed E-state index contributed by atoms with van der Waals surface area (Å²) in [5.74, 6) is 0. The average Bonchev–Trinajstić information content (AvgIpc) is 2.79. The lowest BCUT2D eigenvalue weighted by atomic mass is 9.97. The molecule has 3 nitrogen and oxygen atoms in total. The van der Waals surface area contributed by atoms with Crippen LogP contribution in [-0.4, -0.2) is 42.3 Å². The lowest BCUT2D eigenvalue weighted by Crippen LogP contribution is -2.43. The highest BCUT2D eigenvalue weighted by Crippen LogP contribution is 2.27. The molecule has 0 saturated carbocycles. The normalized spacial score (nSPS) is 15.4. The minimum Gasteiger partial charge on any atom is -0.295 e. The molecule has 0 radical (unpaired) electrons. The van der Waals surface area contributed by atoms with Crippen molar-refractivity contribution in [3.05, 3.63) is 95.0 Å². The van der Waals surface area contributed by atoms with Gasteiger partial charge < -0.3 is 0 Å². The van der Waals surface area contributed by atoms with Crippen LogP contribution in [0.25, 0.3) is 21.5 Å². The van der Waals surface area contributed by atoms with Crippen molar-refractivity contribution < 1.29 is 0 Å². The van der Waals surface area contributed by atoms with Gasteiger partial charge in [0.05, 0.1) is 6.21 Å². The summed E-state index contributed by atoms with van der Waals surface area (Å²) >= 11 is 6.00. The average molecular weight is 414 g/mol. The van der Waals surface area contributed by atoms with Gasteiger partial charge in [0.2, 0.25) is 0 Å². The molecule has 1 heterocycles. The van der Waals surface area contributed by atoms with Crippen molar-refractivity contribution >= 4 is 39.4 Å². The van der Waals surface area contributed by atoms with Crippen molar-refractivity contribution in [2.75, 3.05) is 26.2 Å². The van der Waals surface area contributed by atoms with Gasteiger partial charge in [-0.25, -0.2) is 0 Å². The fraction of sp³-hybridized carbons (Fsp3) is 0.192. The maximum atomic E-state index is 6.00. The molecule has 30 heavy (non-hydrogen) atoms. The number of piperazine rings is 1. The third-order valence-electron chi connectivity index (χ3n) is 5.83. The molecule has 1 saturated heterocycles. The number of hydrazone groups is 1. The van der Waals surface area contributed by atoms with Gasteiger partial charge in [-0.2, -0.15) is 5.10 Å². The zero-order chi connectivity index (χ0) is 20.3. The fourth-order valence-electron chi connectivity index (χ4n) is 4.19. The second kappa shape index (κ2) is 8.47. The van der Waals surface area contributed by atoms with E-state index in [1.54, 1.807) is 0 Å². The molecule has 4 aromatic carbocycles. The number of rotatable bonds is 4. The Hall–Kier alpha value is -2.88. The van der Waals surface area contributed by atoms with Crippen molar-refractivity contribution in [3.8, 4) is 0 Å². The van der Waals surface area contributed by atoms with E-state index in [1.165, 1.54) is 32.7 Å². The Bertz CT molecular complexity index is 1140. The van der Waals surface area contributed by atoms with Crippen molar-refractivity contribution in [1.29, 1.82) is 0 Å². The fourth-order valence-corrected chi connectivity index (χ4v) is 4.31. The van der Waals surface area contributed by atoms with E-state index in [9.17, 15) is 0 Å². The summed E-state index contributed by atoms with van der Waals surface area (Å²) in [6.45, 7) is 4.86. The van der Waals surface area contributed by atoms with Crippen LogP contribution >= 0.6 is 11.6 Å². The van der Waals surface area contributed by atoms with Gasteiger partial charge in [0.15, 0.2) is 0 Å². The first-order chi connectivity index (χ1) is 14.8. The van der Waals surface area contributed by atoms with Gasteiger partial charge in [0, 0.05) is 43.3 Å². The van der Waals surface area contributed by atoms with E-state index in [2.05, 4.69) is 82.9 Å². The summed E-state index contributed by atoms with van der Waals surface area (Å²) in [5.41, 5.74) is 2.51. The molecule has 1 aliphatic rings. The van der Waals surface area contributed by atoms with Crippen LogP contribution in [0.4, 0.5) is 0 Å². The van der Waals surface area contributed by atoms with Gasteiger partial charge in [-0.15, -0.1) is 0 Å². The Morgan fingerprint density at radius 1 is 0.767 bits per heavy atom. The largest absolute Gasteiger partial charge is 0.295 e. The van der Waals surface area contributed by atoms with E-state index >= 15 is 0 Å². The number of benzene rings is 4. The summed E-state index contributed by atoms with van der Waals surface area (Å²) in [4.78, 5) is 2.47. The third kappa shape index (κ3) is 4.04. The predicted molar refractivity (Wildman–Crippen MR) is 127 cm³/mol. The molecule has 0 unspecified atom stereocenters. The Labute approximate surface area is 182 Å². The van der Waals surface area contributed by atoms with Crippen LogP contribution in [0, 0.1) is 0 Å². The molecule has 4 aromatic rings. The Balaban J connectivity index is 1.32. The molecule has 5 rings (SSSR count). The van der Waals surface area contributed by atoms with Gasteiger partial charge in [-0.05, 0) is 45.3 Å². The van der Waals surface area contributed by atoms with E-state index in [0.29, 0.717) is 0 Å². The van der Waals surface area contributed by atoms with E-state index in [4.69, 9.17) is 16.7 Å². The van der Waals surface area contributed by atoms with E-state index < -0.39 is 0 Å². The maximum absolute atomic E-state index is 6.00. The molecular weight excluding hydrogens is 390 g/mol. The molecule has 0 atom stereocenters. The number of fused-ring (bicyclic) bond motifs is 2. The van der Waals surface area contributed by atoms with E-state index in [0.717, 1.165) is 37.7 Å². The first-order valence-corrected chi connectivity index (χ1v) is 10.8. The van der Waals surface area contributed by atoms with Crippen molar-refractivity contribution in [2.45, 2.75) is 6.54 Å². The number of halogens is 1. The molecule has 1 fully saturated rings.